The average Bonchev–Trinajstić information content (AvgIpc) is 2.39. The zero-order chi connectivity index (χ0) is 13.0. The second-order valence-corrected chi connectivity index (χ2v) is 4.89. The van der Waals surface area contributed by atoms with E-state index in [4.69, 9.17) is 9.15 Å². The molecule has 1 N–H and O–H groups in total. The van der Waals surface area contributed by atoms with Crippen LogP contribution in [-0.2, 0) is 17.6 Å². The van der Waals surface area contributed by atoms with Crippen molar-refractivity contribution in [1.29, 1.82) is 0 Å². The van der Waals surface area contributed by atoms with Crippen LogP contribution in [0.15, 0.2) is 15.5 Å². The zero-order valence-electron chi connectivity index (χ0n) is 10.8. The Kier molecular flexibility index (Phi) is 4.42. The van der Waals surface area contributed by atoms with Gasteiger partial charge in [-0.25, -0.2) is 4.79 Å². The maximum absolute atomic E-state index is 11.5. The Morgan fingerprint density at radius 3 is 2.78 bits per heavy atom. The maximum Gasteiger partial charge on any atom is 0.342 e. The molecule has 2 heterocycles. The van der Waals surface area contributed by atoms with E-state index in [1.54, 1.807) is 0 Å². The van der Waals surface area contributed by atoms with Gasteiger partial charge in [-0.15, -0.1) is 0 Å². The second-order valence-electron chi connectivity index (χ2n) is 4.89. The summed E-state index contributed by atoms with van der Waals surface area (Å²) in [5.74, 6) is 0.645. The summed E-state index contributed by atoms with van der Waals surface area (Å²) in [4.78, 5) is 11.5. The van der Waals surface area contributed by atoms with Crippen LogP contribution in [0.25, 0.3) is 0 Å². The van der Waals surface area contributed by atoms with Crippen molar-refractivity contribution in [3.05, 3.63) is 27.8 Å². The van der Waals surface area contributed by atoms with Crippen LogP contribution < -0.4 is 5.63 Å². The van der Waals surface area contributed by atoms with Gasteiger partial charge in [-0.1, -0.05) is 13.3 Å². The molecule has 0 bridgehead atoms. The zero-order valence-corrected chi connectivity index (χ0v) is 10.8. The molecule has 1 aliphatic heterocycles. The maximum atomic E-state index is 11.5. The van der Waals surface area contributed by atoms with Crippen molar-refractivity contribution in [2.24, 2.45) is 5.92 Å². The molecule has 4 heteroatoms. The van der Waals surface area contributed by atoms with Gasteiger partial charge in [0.25, 0.3) is 0 Å². The minimum Gasteiger partial charge on any atom is -0.507 e. The van der Waals surface area contributed by atoms with E-state index in [1.807, 2.05) is 6.92 Å². The van der Waals surface area contributed by atoms with E-state index >= 15 is 0 Å². The van der Waals surface area contributed by atoms with Gasteiger partial charge in [0.15, 0.2) is 0 Å². The summed E-state index contributed by atoms with van der Waals surface area (Å²) in [6.07, 6.45) is 5.56. The van der Waals surface area contributed by atoms with E-state index in [2.05, 4.69) is 0 Å². The van der Waals surface area contributed by atoms with E-state index in [-0.39, 0.29) is 5.75 Å². The molecule has 18 heavy (non-hydrogen) atoms. The highest BCUT2D eigenvalue weighted by molar-refractivity contribution is 5.36. The lowest BCUT2D eigenvalue weighted by Gasteiger charge is -2.22. The number of aromatic hydroxyl groups is 1. The van der Waals surface area contributed by atoms with Gasteiger partial charge in [0.2, 0.25) is 0 Å². The predicted octanol–water partition coefficient (Wildman–Crippen LogP) is 2.27. The number of rotatable bonds is 4. The van der Waals surface area contributed by atoms with E-state index in [1.165, 1.54) is 6.26 Å². The summed E-state index contributed by atoms with van der Waals surface area (Å²) in [6.45, 7) is 3.54. The van der Waals surface area contributed by atoms with Crippen LogP contribution in [0.3, 0.4) is 0 Å². The van der Waals surface area contributed by atoms with Gasteiger partial charge in [-0.2, -0.15) is 0 Å². The van der Waals surface area contributed by atoms with Crippen molar-refractivity contribution in [3.63, 3.8) is 0 Å². The topological polar surface area (TPSA) is 59.7 Å². The van der Waals surface area contributed by atoms with E-state index in [9.17, 15) is 9.90 Å². The van der Waals surface area contributed by atoms with Crippen LogP contribution in [0.5, 0.6) is 5.75 Å². The Morgan fingerprint density at radius 1 is 1.39 bits per heavy atom. The van der Waals surface area contributed by atoms with Gasteiger partial charge in [-0.05, 0) is 31.6 Å². The molecular weight excluding hydrogens is 232 g/mol. The number of hydrogen-bond donors (Lipinski definition) is 1. The fourth-order valence-electron chi connectivity index (χ4n) is 2.42. The Balaban J connectivity index is 2.17. The quantitative estimate of drug-likeness (QED) is 0.893. The molecule has 1 aliphatic rings. The van der Waals surface area contributed by atoms with Gasteiger partial charge in [-0.3, -0.25) is 0 Å². The van der Waals surface area contributed by atoms with E-state index in [0.717, 1.165) is 44.5 Å². The average molecular weight is 252 g/mol. The van der Waals surface area contributed by atoms with Gasteiger partial charge < -0.3 is 14.3 Å². The fraction of sp³-hybridized carbons (Fsp3) is 0.643. The van der Waals surface area contributed by atoms with Crippen molar-refractivity contribution in [2.45, 2.75) is 39.0 Å². The third-order valence-electron chi connectivity index (χ3n) is 3.49. The predicted molar refractivity (Wildman–Crippen MR) is 67.9 cm³/mol. The van der Waals surface area contributed by atoms with Crippen LogP contribution in [0.4, 0.5) is 0 Å². The summed E-state index contributed by atoms with van der Waals surface area (Å²) >= 11 is 0. The smallest absolute Gasteiger partial charge is 0.342 e. The van der Waals surface area contributed by atoms with Crippen LogP contribution in [0, 0.1) is 5.92 Å². The van der Waals surface area contributed by atoms with Crippen molar-refractivity contribution in [2.75, 3.05) is 13.2 Å². The lowest BCUT2D eigenvalue weighted by Crippen LogP contribution is -2.18. The molecular formula is C14H20O4. The van der Waals surface area contributed by atoms with Gasteiger partial charge >= 0.3 is 5.63 Å². The summed E-state index contributed by atoms with van der Waals surface area (Å²) in [5.41, 5.74) is 0.761. The molecule has 100 valence electrons. The Hall–Kier alpha value is -1.29. The lowest BCUT2D eigenvalue weighted by molar-refractivity contribution is 0.0662. The minimum atomic E-state index is -0.412. The molecule has 1 saturated heterocycles. The third-order valence-corrected chi connectivity index (χ3v) is 3.49. The van der Waals surface area contributed by atoms with Crippen molar-refractivity contribution in [1.82, 2.24) is 0 Å². The van der Waals surface area contributed by atoms with Gasteiger partial charge in [0.1, 0.15) is 12.0 Å². The van der Waals surface area contributed by atoms with Crippen LogP contribution in [0.1, 0.15) is 37.3 Å². The highest BCUT2D eigenvalue weighted by Gasteiger charge is 2.19. The van der Waals surface area contributed by atoms with Crippen LogP contribution >= 0.6 is 0 Å². The SMILES string of the molecule is CCCc1c(O)c(CC2CCOCC2)coc1=O. The monoisotopic (exact) mass is 252 g/mol. The molecule has 0 amide bonds. The fourth-order valence-corrected chi connectivity index (χ4v) is 2.42. The molecule has 1 fully saturated rings. The van der Waals surface area contributed by atoms with E-state index in [0.29, 0.717) is 17.9 Å². The highest BCUT2D eigenvalue weighted by Crippen LogP contribution is 2.27. The third kappa shape index (κ3) is 2.93. The first kappa shape index (κ1) is 13.1. The van der Waals surface area contributed by atoms with E-state index < -0.39 is 5.63 Å². The Labute approximate surface area is 107 Å². The molecule has 1 aromatic heterocycles. The summed E-state index contributed by atoms with van der Waals surface area (Å²) < 4.78 is 10.3. The minimum absolute atomic E-state index is 0.139. The second kappa shape index (κ2) is 6.05. The molecule has 2 rings (SSSR count). The lowest BCUT2D eigenvalue weighted by atomic mass is 9.92. The number of hydrogen-bond acceptors (Lipinski definition) is 4. The molecule has 0 saturated carbocycles. The first-order chi connectivity index (χ1) is 8.72. The van der Waals surface area contributed by atoms with Crippen LogP contribution in [-0.4, -0.2) is 18.3 Å². The molecule has 1 aromatic rings. The highest BCUT2D eigenvalue weighted by atomic mass is 16.5. The molecule has 0 aromatic carbocycles. The summed E-state index contributed by atoms with van der Waals surface area (Å²) in [5, 5.41) is 10.1. The van der Waals surface area contributed by atoms with Gasteiger partial charge in [0, 0.05) is 18.8 Å². The molecule has 0 spiro atoms. The van der Waals surface area contributed by atoms with Crippen molar-refractivity contribution >= 4 is 0 Å². The molecule has 4 nitrogen and oxygen atoms in total. The first-order valence-electron chi connectivity index (χ1n) is 6.62. The summed E-state index contributed by atoms with van der Waals surface area (Å²) in [6, 6.07) is 0. The van der Waals surface area contributed by atoms with Gasteiger partial charge in [0.05, 0.1) is 5.56 Å². The standard InChI is InChI=1S/C14H20O4/c1-2-3-12-13(15)11(9-18-14(12)16)8-10-4-6-17-7-5-10/h9-10,15H,2-8H2,1H3. The Bertz CT molecular complexity index is 444. The molecule has 0 radical (unpaired) electrons. The molecule has 0 atom stereocenters. The number of ether oxygens (including phenoxy) is 1. The first-order valence-corrected chi connectivity index (χ1v) is 6.62. The normalized spacial score (nSPS) is 16.9. The largest absolute Gasteiger partial charge is 0.507 e. The van der Waals surface area contributed by atoms with Crippen molar-refractivity contribution in [3.8, 4) is 5.75 Å². The Morgan fingerprint density at radius 2 is 2.11 bits per heavy atom. The summed E-state index contributed by atoms with van der Waals surface area (Å²) in [7, 11) is 0. The van der Waals surface area contributed by atoms with Crippen LogP contribution in [0.2, 0.25) is 0 Å². The van der Waals surface area contributed by atoms with Crippen molar-refractivity contribution < 1.29 is 14.3 Å². The molecule has 0 unspecified atom stereocenters. The molecule has 0 aliphatic carbocycles.